The molecule has 0 N–H and O–H groups in total. The number of rotatable bonds is 2. The maximum Gasteiger partial charge on any atom is 0.224 e. The van der Waals surface area contributed by atoms with E-state index in [0.29, 0.717) is 9.92 Å². The first-order valence-corrected chi connectivity index (χ1v) is 7.60. The molecule has 0 fully saturated rings. The Labute approximate surface area is 126 Å². The summed E-state index contributed by atoms with van der Waals surface area (Å²) in [6.45, 7) is 1.95. The van der Waals surface area contributed by atoms with Gasteiger partial charge in [0.2, 0.25) is 5.28 Å². The molecule has 0 unspecified atom stereocenters. The van der Waals surface area contributed by atoms with Crippen LogP contribution in [0.1, 0.15) is 4.88 Å². The van der Waals surface area contributed by atoms with E-state index in [0.717, 1.165) is 32.9 Å². The number of aromatic nitrogens is 2. The van der Waals surface area contributed by atoms with E-state index >= 15 is 0 Å². The highest BCUT2D eigenvalue weighted by Crippen LogP contribution is 2.36. The van der Waals surface area contributed by atoms with Crippen molar-refractivity contribution in [2.45, 2.75) is 16.8 Å². The first kappa shape index (κ1) is 13.7. The minimum atomic E-state index is -0.621. The minimum absolute atomic E-state index is 0.115. The monoisotopic (exact) mass is 328 g/mol. The molecule has 102 valence electrons. The van der Waals surface area contributed by atoms with Crippen molar-refractivity contribution in [1.82, 2.24) is 9.97 Å². The first-order chi connectivity index (χ1) is 9.52. The van der Waals surface area contributed by atoms with E-state index in [2.05, 4.69) is 9.97 Å². The van der Waals surface area contributed by atoms with E-state index in [1.807, 2.05) is 13.0 Å². The van der Waals surface area contributed by atoms with Gasteiger partial charge in [-0.1, -0.05) is 11.8 Å². The van der Waals surface area contributed by atoms with Crippen LogP contribution >= 0.6 is 34.7 Å². The Morgan fingerprint density at radius 1 is 1.20 bits per heavy atom. The Bertz CT molecular complexity index is 804. The smallest absolute Gasteiger partial charge is 0.210 e. The second-order valence-corrected chi connectivity index (χ2v) is 6.65. The van der Waals surface area contributed by atoms with Crippen LogP contribution in [-0.4, -0.2) is 9.97 Å². The predicted octanol–water partition coefficient (Wildman–Crippen LogP) is 5.08. The highest BCUT2D eigenvalue weighted by Gasteiger charge is 2.13. The van der Waals surface area contributed by atoms with Crippen molar-refractivity contribution in [1.29, 1.82) is 0 Å². The lowest BCUT2D eigenvalue weighted by Crippen LogP contribution is -1.88. The molecule has 1 aromatic carbocycles. The van der Waals surface area contributed by atoms with Gasteiger partial charge in [0.15, 0.2) is 0 Å². The Morgan fingerprint density at radius 2 is 2.00 bits per heavy atom. The van der Waals surface area contributed by atoms with E-state index in [-0.39, 0.29) is 5.28 Å². The summed E-state index contributed by atoms with van der Waals surface area (Å²) in [6.07, 6.45) is 0. The van der Waals surface area contributed by atoms with Crippen LogP contribution in [0.5, 0.6) is 0 Å². The molecular formula is C13H7ClF2N2S2. The molecule has 0 atom stereocenters. The molecule has 2 heterocycles. The highest BCUT2D eigenvalue weighted by molar-refractivity contribution is 7.99. The number of thiophene rings is 1. The summed E-state index contributed by atoms with van der Waals surface area (Å²) in [6, 6.07) is 5.38. The zero-order valence-corrected chi connectivity index (χ0v) is 12.5. The van der Waals surface area contributed by atoms with Gasteiger partial charge < -0.3 is 0 Å². The van der Waals surface area contributed by atoms with Gasteiger partial charge in [-0.25, -0.2) is 18.7 Å². The Morgan fingerprint density at radius 3 is 2.75 bits per heavy atom. The highest BCUT2D eigenvalue weighted by atomic mass is 35.5. The van der Waals surface area contributed by atoms with Gasteiger partial charge in [-0.05, 0) is 36.7 Å². The predicted molar refractivity (Wildman–Crippen MR) is 77.6 cm³/mol. The van der Waals surface area contributed by atoms with Crippen LogP contribution in [0.4, 0.5) is 8.78 Å². The number of fused-ring (bicyclic) bond motifs is 1. The second kappa shape index (κ2) is 5.27. The van der Waals surface area contributed by atoms with Crippen LogP contribution < -0.4 is 0 Å². The summed E-state index contributed by atoms with van der Waals surface area (Å²) >= 11 is 8.49. The number of benzene rings is 1. The van der Waals surface area contributed by atoms with E-state index < -0.39 is 11.6 Å². The lowest BCUT2D eigenvalue weighted by atomic mass is 10.3. The van der Waals surface area contributed by atoms with Crippen molar-refractivity contribution in [2.24, 2.45) is 0 Å². The standard InChI is InChI=1S/C13H7ClF2N2S2/c1-6-4-8-11(19-6)17-13(14)18-12(8)20-10-3-2-7(15)5-9(10)16/h2-5H,1H3. The SMILES string of the molecule is Cc1cc2c(Sc3ccc(F)cc3F)nc(Cl)nc2s1. The number of aryl methyl sites for hydroxylation is 1. The molecule has 0 radical (unpaired) electrons. The molecule has 0 saturated heterocycles. The third-order valence-corrected chi connectivity index (χ3v) is 4.72. The average Bonchev–Trinajstić information content (AvgIpc) is 2.73. The normalized spacial score (nSPS) is 11.2. The summed E-state index contributed by atoms with van der Waals surface area (Å²) in [5.41, 5.74) is 0. The number of halogens is 3. The van der Waals surface area contributed by atoms with Crippen LogP contribution in [0.15, 0.2) is 34.2 Å². The first-order valence-electron chi connectivity index (χ1n) is 5.59. The molecule has 3 rings (SSSR count). The van der Waals surface area contributed by atoms with E-state index in [1.165, 1.54) is 23.5 Å². The lowest BCUT2D eigenvalue weighted by molar-refractivity contribution is 0.565. The molecule has 20 heavy (non-hydrogen) atoms. The molecule has 7 heteroatoms. The molecule has 0 aliphatic carbocycles. The Kier molecular flexibility index (Phi) is 3.62. The van der Waals surface area contributed by atoms with Gasteiger partial charge in [-0.2, -0.15) is 0 Å². The number of hydrogen-bond donors (Lipinski definition) is 0. The van der Waals surface area contributed by atoms with Crippen LogP contribution in [0.25, 0.3) is 10.2 Å². The molecule has 0 bridgehead atoms. The molecule has 0 aliphatic heterocycles. The molecule has 0 amide bonds. The summed E-state index contributed by atoms with van der Waals surface area (Å²) < 4.78 is 26.6. The Balaban J connectivity index is 2.10. The fourth-order valence-electron chi connectivity index (χ4n) is 1.73. The van der Waals surface area contributed by atoms with Gasteiger partial charge in [-0.15, -0.1) is 11.3 Å². The largest absolute Gasteiger partial charge is 0.224 e. The molecular weight excluding hydrogens is 322 g/mol. The van der Waals surface area contributed by atoms with Gasteiger partial charge in [-0.3, -0.25) is 0 Å². The lowest BCUT2D eigenvalue weighted by Gasteiger charge is -2.04. The number of nitrogens with zero attached hydrogens (tertiary/aromatic N) is 2. The zero-order valence-electron chi connectivity index (χ0n) is 10.2. The van der Waals surface area contributed by atoms with Gasteiger partial charge in [0.05, 0.1) is 0 Å². The van der Waals surface area contributed by atoms with Crippen LogP contribution in [0.3, 0.4) is 0 Å². The quantitative estimate of drug-likeness (QED) is 0.484. The van der Waals surface area contributed by atoms with E-state index in [4.69, 9.17) is 11.6 Å². The third kappa shape index (κ3) is 2.63. The number of hydrogen-bond acceptors (Lipinski definition) is 4. The maximum absolute atomic E-state index is 13.7. The van der Waals surface area contributed by atoms with Gasteiger partial charge in [0.1, 0.15) is 21.5 Å². The maximum atomic E-state index is 13.7. The topological polar surface area (TPSA) is 25.8 Å². The summed E-state index contributed by atoms with van der Waals surface area (Å²) in [5, 5.41) is 1.50. The van der Waals surface area contributed by atoms with Gasteiger partial charge in [0, 0.05) is 21.2 Å². The summed E-state index contributed by atoms with van der Waals surface area (Å²) in [4.78, 5) is 10.4. The van der Waals surface area contributed by atoms with E-state index in [9.17, 15) is 8.78 Å². The van der Waals surface area contributed by atoms with Crippen molar-refractivity contribution in [3.63, 3.8) is 0 Å². The van der Waals surface area contributed by atoms with Crippen molar-refractivity contribution < 1.29 is 8.78 Å². The molecule has 0 aliphatic rings. The fourth-order valence-corrected chi connectivity index (χ4v) is 3.84. The van der Waals surface area contributed by atoms with E-state index in [1.54, 1.807) is 0 Å². The van der Waals surface area contributed by atoms with Crippen molar-refractivity contribution >= 4 is 44.9 Å². The molecule has 2 aromatic heterocycles. The van der Waals surface area contributed by atoms with Crippen LogP contribution in [-0.2, 0) is 0 Å². The fraction of sp³-hybridized carbons (Fsp3) is 0.0769. The average molecular weight is 329 g/mol. The zero-order chi connectivity index (χ0) is 14.3. The van der Waals surface area contributed by atoms with Crippen molar-refractivity contribution in [3.8, 4) is 0 Å². The third-order valence-electron chi connectivity index (χ3n) is 2.55. The molecule has 0 saturated carbocycles. The second-order valence-electron chi connectivity index (χ2n) is 4.05. The van der Waals surface area contributed by atoms with Gasteiger partial charge >= 0.3 is 0 Å². The van der Waals surface area contributed by atoms with Crippen molar-refractivity contribution in [2.75, 3.05) is 0 Å². The molecule has 3 aromatic rings. The van der Waals surface area contributed by atoms with Crippen molar-refractivity contribution in [3.05, 3.63) is 46.1 Å². The summed E-state index contributed by atoms with van der Waals surface area (Å²) in [5.74, 6) is -1.23. The summed E-state index contributed by atoms with van der Waals surface area (Å²) in [7, 11) is 0. The van der Waals surface area contributed by atoms with Gasteiger partial charge in [0.25, 0.3) is 0 Å². The Hall–Kier alpha value is -1.24. The van der Waals surface area contributed by atoms with Crippen LogP contribution in [0, 0.1) is 18.6 Å². The minimum Gasteiger partial charge on any atom is -0.210 e. The van der Waals surface area contributed by atoms with Crippen LogP contribution in [0.2, 0.25) is 5.28 Å². The molecule has 0 spiro atoms. The molecule has 2 nitrogen and oxygen atoms in total.